The highest BCUT2D eigenvalue weighted by molar-refractivity contribution is 6.31. The van der Waals surface area contributed by atoms with Gasteiger partial charge >= 0.3 is 0 Å². The molecular formula is C16H13ClFN. The summed E-state index contributed by atoms with van der Waals surface area (Å²) < 4.78 is 13.8. The Hall–Kier alpha value is -1.85. The molecule has 1 unspecified atom stereocenters. The van der Waals surface area contributed by atoms with Crippen LogP contribution in [-0.2, 0) is 6.42 Å². The van der Waals surface area contributed by atoms with Crippen LogP contribution in [0.3, 0.4) is 0 Å². The van der Waals surface area contributed by atoms with Gasteiger partial charge in [-0.15, -0.1) is 0 Å². The van der Waals surface area contributed by atoms with Crippen molar-refractivity contribution in [2.24, 2.45) is 0 Å². The van der Waals surface area contributed by atoms with Crippen LogP contribution in [-0.4, -0.2) is 0 Å². The first-order valence-electron chi connectivity index (χ1n) is 6.01. The smallest absolute Gasteiger partial charge is 0.127 e. The molecule has 0 aliphatic carbocycles. The fourth-order valence-corrected chi connectivity index (χ4v) is 2.37. The van der Waals surface area contributed by atoms with Gasteiger partial charge in [-0.3, -0.25) is 0 Å². The molecule has 0 aliphatic heterocycles. The summed E-state index contributed by atoms with van der Waals surface area (Å²) in [5.74, 6) is -0.753. The van der Waals surface area contributed by atoms with Gasteiger partial charge in [0, 0.05) is 10.6 Å². The van der Waals surface area contributed by atoms with Crippen LogP contribution in [0.15, 0.2) is 42.5 Å². The molecular weight excluding hydrogens is 261 g/mol. The van der Waals surface area contributed by atoms with E-state index < -0.39 is 5.92 Å². The van der Waals surface area contributed by atoms with Gasteiger partial charge in [-0.25, -0.2) is 4.39 Å². The lowest BCUT2D eigenvalue weighted by Gasteiger charge is -2.13. The van der Waals surface area contributed by atoms with Crippen molar-refractivity contribution in [3.05, 3.63) is 70.0 Å². The quantitative estimate of drug-likeness (QED) is 0.799. The molecule has 0 heterocycles. The molecule has 0 aromatic heterocycles. The molecule has 0 saturated heterocycles. The SMILES string of the molecule is Cc1ccccc1C(C#N)Cc1c(F)cccc1Cl. The van der Waals surface area contributed by atoms with Crippen LogP contribution in [0.5, 0.6) is 0 Å². The predicted molar refractivity (Wildman–Crippen MR) is 74.6 cm³/mol. The van der Waals surface area contributed by atoms with Crippen molar-refractivity contribution in [1.82, 2.24) is 0 Å². The summed E-state index contributed by atoms with van der Waals surface area (Å²) in [5, 5.41) is 9.70. The van der Waals surface area contributed by atoms with Crippen LogP contribution >= 0.6 is 11.6 Å². The van der Waals surface area contributed by atoms with Crippen molar-refractivity contribution in [1.29, 1.82) is 5.26 Å². The topological polar surface area (TPSA) is 23.8 Å². The second-order valence-corrected chi connectivity index (χ2v) is 4.85. The van der Waals surface area contributed by atoms with E-state index in [2.05, 4.69) is 6.07 Å². The Morgan fingerprint density at radius 3 is 2.58 bits per heavy atom. The number of hydrogen-bond donors (Lipinski definition) is 0. The summed E-state index contributed by atoms with van der Waals surface area (Å²) in [6.07, 6.45) is 0.285. The predicted octanol–water partition coefficient (Wildman–Crippen LogP) is 4.64. The van der Waals surface area contributed by atoms with Crippen LogP contribution < -0.4 is 0 Å². The maximum Gasteiger partial charge on any atom is 0.127 e. The Kier molecular flexibility index (Phi) is 4.19. The zero-order chi connectivity index (χ0) is 13.8. The minimum absolute atomic E-state index is 0.285. The highest BCUT2D eigenvalue weighted by Crippen LogP contribution is 2.28. The van der Waals surface area contributed by atoms with Crippen molar-refractivity contribution in [2.45, 2.75) is 19.3 Å². The van der Waals surface area contributed by atoms with E-state index in [1.165, 1.54) is 6.07 Å². The number of rotatable bonds is 3. The molecule has 19 heavy (non-hydrogen) atoms. The molecule has 0 N–H and O–H groups in total. The van der Waals surface area contributed by atoms with Gasteiger partial charge in [-0.2, -0.15) is 5.26 Å². The summed E-state index contributed by atoms with van der Waals surface area (Å²) in [6, 6.07) is 14.5. The third-order valence-electron chi connectivity index (χ3n) is 3.19. The number of nitriles is 1. The lowest BCUT2D eigenvalue weighted by molar-refractivity contribution is 0.604. The summed E-state index contributed by atoms with van der Waals surface area (Å²) in [4.78, 5) is 0. The molecule has 2 rings (SSSR count). The molecule has 0 radical (unpaired) electrons. The van der Waals surface area contributed by atoms with Crippen molar-refractivity contribution in [3.8, 4) is 6.07 Å². The van der Waals surface area contributed by atoms with Gasteiger partial charge < -0.3 is 0 Å². The fraction of sp³-hybridized carbons (Fsp3) is 0.188. The Labute approximate surface area is 117 Å². The molecule has 3 heteroatoms. The standard InChI is InChI=1S/C16H13ClFN/c1-11-5-2-3-6-13(11)12(10-19)9-14-15(17)7-4-8-16(14)18/h2-8,12H,9H2,1H3. The molecule has 0 spiro atoms. The average Bonchev–Trinajstić information content (AvgIpc) is 2.40. The maximum atomic E-state index is 13.8. The highest BCUT2D eigenvalue weighted by atomic mass is 35.5. The number of aryl methyl sites for hydroxylation is 1. The van der Waals surface area contributed by atoms with E-state index in [9.17, 15) is 9.65 Å². The lowest BCUT2D eigenvalue weighted by Crippen LogP contribution is -2.04. The number of hydrogen-bond acceptors (Lipinski definition) is 1. The van der Waals surface area contributed by atoms with Crippen LogP contribution in [0, 0.1) is 24.1 Å². The number of benzene rings is 2. The van der Waals surface area contributed by atoms with Gasteiger partial charge in [0.15, 0.2) is 0 Å². The summed E-state index contributed by atoms with van der Waals surface area (Å²) in [6.45, 7) is 1.95. The maximum absolute atomic E-state index is 13.8. The molecule has 0 saturated carbocycles. The second-order valence-electron chi connectivity index (χ2n) is 4.44. The second kappa shape index (κ2) is 5.86. The average molecular weight is 274 g/mol. The van der Waals surface area contributed by atoms with Gasteiger partial charge in [0.05, 0.1) is 12.0 Å². The molecule has 0 amide bonds. The fourth-order valence-electron chi connectivity index (χ4n) is 2.13. The first-order chi connectivity index (χ1) is 9.13. The van der Waals surface area contributed by atoms with E-state index in [4.69, 9.17) is 11.6 Å². The third-order valence-corrected chi connectivity index (χ3v) is 3.54. The largest absolute Gasteiger partial charge is 0.207 e. The Morgan fingerprint density at radius 2 is 1.95 bits per heavy atom. The van der Waals surface area contributed by atoms with E-state index in [1.807, 2.05) is 31.2 Å². The molecule has 1 nitrogen and oxygen atoms in total. The minimum Gasteiger partial charge on any atom is -0.207 e. The summed E-state index contributed by atoms with van der Waals surface area (Å²) >= 11 is 6.01. The van der Waals surface area contributed by atoms with Crippen molar-refractivity contribution < 1.29 is 4.39 Å². The van der Waals surface area contributed by atoms with E-state index in [1.54, 1.807) is 12.1 Å². The van der Waals surface area contributed by atoms with Crippen LogP contribution in [0.25, 0.3) is 0 Å². The van der Waals surface area contributed by atoms with Gasteiger partial charge in [-0.05, 0) is 36.6 Å². The van der Waals surface area contributed by atoms with E-state index in [0.29, 0.717) is 10.6 Å². The minimum atomic E-state index is -0.393. The Bertz CT molecular complexity index is 611. The van der Waals surface area contributed by atoms with Gasteiger partial charge in [-0.1, -0.05) is 41.9 Å². The normalized spacial score (nSPS) is 11.9. The number of nitrogens with zero attached hydrogens (tertiary/aromatic N) is 1. The van der Waals surface area contributed by atoms with Crippen molar-refractivity contribution in [2.75, 3.05) is 0 Å². The Balaban J connectivity index is 2.36. The van der Waals surface area contributed by atoms with Crippen LogP contribution in [0.4, 0.5) is 4.39 Å². The zero-order valence-electron chi connectivity index (χ0n) is 10.5. The van der Waals surface area contributed by atoms with Crippen molar-refractivity contribution in [3.63, 3.8) is 0 Å². The number of halogens is 2. The van der Waals surface area contributed by atoms with Gasteiger partial charge in [0.25, 0.3) is 0 Å². The van der Waals surface area contributed by atoms with Gasteiger partial charge in [0.1, 0.15) is 5.82 Å². The molecule has 96 valence electrons. The molecule has 2 aromatic rings. The van der Waals surface area contributed by atoms with Crippen molar-refractivity contribution >= 4 is 11.6 Å². The van der Waals surface area contributed by atoms with Gasteiger partial charge in [0.2, 0.25) is 0 Å². The highest BCUT2D eigenvalue weighted by Gasteiger charge is 2.17. The summed E-state index contributed by atoms with van der Waals surface area (Å²) in [5.41, 5.74) is 2.35. The molecule has 0 fully saturated rings. The molecule has 0 aliphatic rings. The monoisotopic (exact) mass is 273 g/mol. The molecule has 1 atom stereocenters. The molecule has 2 aromatic carbocycles. The van der Waals surface area contributed by atoms with E-state index >= 15 is 0 Å². The zero-order valence-corrected chi connectivity index (χ0v) is 11.3. The van der Waals surface area contributed by atoms with E-state index in [0.717, 1.165) is 11.1 Å². The lowest BCUT2D eigenvalue weighted by atomic mass is 9.90. The Morgan fingerprint density at radius 1 is 1.21 bits per heavy atom. The van der Waals surface area contributed by atoms with Crippen LogP contribution in [0.2, 0.25) is 5.02 Å². The van der Waals surface area contributed by atoms with E-state index in [-0.39, 0.29) is 12.2 Å². The molecule has 0 bridgehead atoms. The third kappa shape index (κ3) is 2.94. The first-order valence-corrected chi connectivity index (χ1v) is 6.39. The van der Waals surface area contributed by atoms with Crippen LogP contribution in [0.1, 0.15) is 22.6 Å². The summed E-state index contributed by atoms with van der Waals surface area (Å²) in [7, 11) is 0. The first kappa shape index (κ1) is 13.6.